The molecule has 3 atom stereocenters. The van der Waals surface area contributed by atoms with Gasteiger partial charge in [-0.1, -0.05) is 19.4 Å². The Labute approximate surface area is 206 Å². The second kappa shape index (κ2) is 10.8. The van der Waals surface area contributed by atoms with Crippen molar-refractivity contribution < 1.29 is 23.0 Å². The maximum atomic E-state index is 13.5. The van der Waals surface area contributed by atoms with Gasteiger partial charge in [0.25, 0.3) is 0 Å². The van der Waals surface area contributed by atoms with E-state index in [4.69, 9.17) is 9.47 Å². The van der Waals surface area contributed by atoms with Crippen molar-refractivity contribution in [2.75, 3.05) is 32.6 Å². The molecule has 190 valence electrons. The summed E-state index contributed by atoms with van der Waals surface area (Å²) in [5.41, 5.74) is 1.47. The van der Waals surface area contributed by atoms with Crippen LogP contribution in [0.15, 0.2) is 36.4 Å². The Morgan fingerprint density at radius 2 is 1.89 bits per heavy atom. The lowest BCUT2D eigenvalue weighted by Gasteiger charge is -2.45. The lowest BCUT2D eigenvalue weighted by atomic mass is 9.65. The number of methoxy groups -OCH3 is 2. The van der Waals surface area contributed by atoms with Crippen molar-refractivity contribution in [3.63, 3.8) is 0 Å². The highest BCUT2D eigenvalue weighted by Crippen LogP contribution is 2.50. The third kappa shape index (κ3) is 5.22. The number of hydrogen-bond acceptors (Lipinski definition) is 4. The van der Waals surface area contributed by atoms with Gasteiger partial charge in [-0.2, -0.15) is 0 Å². The number of hydrogen-bond donors (Lipinski definition) is 2. The summed E-state index contributed by atoms with van der Waals surface area (Å²) in [6.07, 6.45) is 5.91. The van der Waals surface area contributed by atoms with Gasteiger partial charge in [-0.25, -0.2) is 13.6 Å². The fourth-order valence-corrected chi connectivity index (χ4v) is 5.81. The van der Waals surface area contributed by atoms with Gasteiger partial charge in [0, 0.05) is 29.3 Å². The quantitative estimate of drug-likeness (QED) is 0.519. The average Bonchev–Trinajstić information content (AvgIpc) is 3.23. The van der Waals surface area contributed by atoms with Gasteiger partial charge in [-0.05, 0) is 75.0 Å². The van der Waals surface area contributed by atoms with Crippen molar-refractivity contribution in [2.24, 2.45) is 0 Å². The van der Waals surface area contributed by atoms with E-state index in [9.17, 15) is 13.6 Å². The number of nitrogens with zero attached hydrogens (tertiary/aromatic N) is 1. The lowest BCUT2D eigenvalue weighted by Crippen LogP contribution is -2.53. The Bertz CT molecular complexity index is 1050. The van der Waals surface area contributed by atoms with Gasteiger partial charge >= 0.3 is 6.03 Å². The van der Waals surface area contributed by atoms with E-state index in [1.165, 1.54) is 11.6 Å². The fraction of sp³-hybridized carbons (Fsp3) is 0.519. The van der Waals surface area contributed by atoms with Crippen molar-refractivity contribution in [3.05, 3.63) is 53.6 Å². The van der Waals surface area contributed by atoms with Gasteiger partial charge in [-0.3, -0.25) is 4.90 Å². The predicted octanol–water partition coefficient (Wildman–Crippen LogP) is 5.47. The standard InChI is InChI=1S/C27H35F2N3O3/c1-4-5-13-32-14-12-27(18-6-9-23(34-2)24(15-18)35-3)11-10-20(17-25(27)32)31-26(33)30-19-7-8-21(28)22(29)16-19/h6-9,15-16,20,25H,4-5,10-14,17H2,1-3H3,(H2,30,31,33)/t20-,25+,27+/m1/s1. The summed E-state index contributed by atoms with van der Waals surface area (Å²) < 4.78 is 37.8. The SMILES string of the molecule is CCCCN1CC[C@]2(c3ccc(OC)c(OC)c3)CC[C@@H](NC(=O)Nc3ccc(F)c(F)c3)C[C@H]12. The molecule has 1 heterocycles. The summed E-state index contributed by atoms with van der Waals surface area (Å²) in [5, 5.41) is 5.69. The van der Waals surface area contributed by atoms with Crippen molar-refractivity contribution >= 4 is 11.7 Å². The Balaban J connectivity index is 1.52. The molecule has 1 aliphatic carbocycles. The topological polar surface area (TPSA) is 62.8 Å². The number of likely N-dealkylation sites (tertiary alicyclic amines) is 1. The lowest BCUT2D eigenvalue weighted by molar-refractivity contribution is 0.135. The van der Waals surface area contributed by atoms with Gasteiger partial charge in [-0.15, -0.1) is 0 Å². The Morgan fingerprint density at radius 3 is 2.60 bits per heavy atom. The molecule has 4 rings (SSSR count). The number of amides is 2. The largest absolute Gasteiger partial charge is 0.493 e. The molecule has 0 spiro atoms. The fourth-order valence-electron chi connectivity index (χ4n) is 5.81. The number of ether oxygens (including phenoxy) is 2. The molecule has 6 nitrogen and oxygen atoms in total. The number of halogens is 2. The number of carbonyl (C=O) groups excluding carboxylic acids is 1. The molecule has 0 bridgehead atoms. The first-order valence-corrected chi connectivity index (χ1v) is 12.4. The van der Waals surface area contributed by atoms with E-state index >= 15 is 0 Å². The van der Waals surface area contributed by atoms with Crippen molar-refractivity contribution in [1.29, 1.82) is 0 Å². The molecule has 2 fully saturated rings. The number of nitrogens with one attached hydrogen (secondary N) is 2. The molecule has 1 saturated heterocycles. The summed E-state index contributed by atoms with van der Waals surface area (Å²) in [7, 11) is 3.30. The van der Waals surface area contributed by atoms with Crippen molar-refractivity contribution in [2.45, 2.75) is 62.9 Å². The molecule has 35 heavy (non-hydrogen) atoms. The molecule has 0 radical (unpaired) electrons. The van der Waals surface area contributed by atoms with Crippen molar-refractivity contribution in [3.8, 4) is 11.5 Å². The van der Waals surface area contributed by atoms with Gasteiger partial charge in [0.1, 0.15) is 0 Å². The Kier molecular flexibility index (Phi) is 7.79. The molecule has 0 unspecified atom stereocenters. The molecule has 2 amide bonds. The summed E-state index contributed by atoms with van der Waals surface area (Å²) in [6, 6.07) is 9.46. The second-order valence-corrected chi connectivity index (χ2v) is 9.58. The molecule has 1 aliphatic heterocycles. The normalized spacial score (nSPS) is 24.0. The molecule has 2 N–H and O–H groups in total. The second-order valence-electron chi connectivity index (χ2n) is 9.58. The minimum Gasteiger partial charge on any atom is -0.493 e. The zero-order valence-corrected chi connectivity index (χ0v) is 20.7. The molecular weight excluding hydrogens is 452 g/mol. The summed E-state index contributed by atoms with van der Waals surface area (Å²) in [5.74, 6) is -0.480. The molecule has 1 saturated carbocycles. The summed E-state index contributed by atoms with van der Waals surface area (Å²) in [6.45, 7) is 4.25. The molecule has 2 aliphatic rings. The van der Waals surface area contributed by atoms with Crippen LogP contribution >= 0.6 is 0 Å². The van der Waals surface area contributed by atoms with E-state index in [0.29, 0.717) is 5.75 Å². The average molecular weight is 488 g/mol. The first-order valence-electron chi connectivity index (χ1n) is 12.4. The minimum atomic E-state index is -0.988. The van der Waals surface area contributed by atoms with Gasteiger partial charge < -0.3 is 20.1 Å². The minimum absolute atomic E-state index is 0.0119. The number of anilines is 1. The highest BCUT2D eigenvalue weighted by Gasteiger charge is 2.51. The zero-order valence-electron chi connectivity index (χ0n) is 20.7. The molecular formula is C27H35F2N3O3. The zero-order chi connectivity index (χ0) is 25.0. The first kappa shape index (κ1) is 25.2. The van der Waals surface area contributed by atoms with E-state index < -0.39 is 17.7 Å². The highest BCUT2D eigenvalue weighted by molar-refractivity contribution is 5.89. The van der Waals surface area contributed by atoms with Crippen LogP contribution in [0.3, 0.4) is 0 Å². The van der Waals surface area contributed by atoms with E-state index in [1.54, 1.807) is 14.2 Å². The number of benzene rings is 2. The molecule has 2 aromatic carbocycles. The van der Waals surface area contributed by atoms with Crippen LogP contribution in [0.2, 0.25) is 0 Å². The monoisotopic (exact) mass is 487 g/mol. The smallest absolute Gasteiger partial charge is 0.319 e. The predicted molar refractivity (Wildman–Crippen MR) is 132 cm³/mol. The number of fused-ring (bicyclic) bond motifs is 1. The van der Waals surface area contributed by atoms with E-state index in [1.807, 2.05) is 6.07 Å². The van der Waals surface area contributed by atoms with Crippen LogP contribution in [-0.4, -0.2) is 50.3 Å². The van der Waals surface area contributed by atoms with Crippen LogP contribution in [-0.2, 0) is 5.41 Å². The number of rotatable bonds is 8. The van der Waals surface area contributed by atoms with Crippen LogP contribution in [0.25, 0.3) is 0 Å². The summed E-state index contributed by atoms with van der Waals surface area (Å²) in [4.78, 5) is 15.2. The number of carbonyl (C=O) groups is 1. The summed E-state index contributed by atoms with van der Waals surface area (Å²) >= 11 is 0. The van der Waals surface area contributed by atoms with Crippen LogP contribution in [0.1, 0.15) is 51.0 Å². The third-order valence-corrected chi connectivity index (χ3v) is 7.64. The van der Waals surface area contributed by atoms with Crippen LogP contribution in [0.5, 0.6) is 11.5 Å². The Hall–Kier alpha value is -2.87. The maximum Gasteiger partial charge on any atom is 0.319 e. The molecule has 8 heteroatoms. The maximum absolute atomic E-state index is 13.5. The van der Waals surface area contributed by atoms with Gasteiger partial charge in [0.15, 0.2) is 23.1 Å². The van der Waals surface area contributed by atoms with Crippen LogP contribution in [0, 0.1) is 11.6 Å². The van der Waals surface area contributed by atoms with Gasteiger partial charge in [0.2, 0.25) is 0 Å². The van der Waals surface area contributed by atoms with Gasteiger partial charge in [0.05, 0.1) is 14.2 Å². The van der Waals surface area contributed by atoms with E-state index in [-0.39, 0.29) is 23.2 Å². The third-order valence-electron chi connectivity index (χ3n) is 7.64. The van der Waals surface area contributed by atoms with Crippen LogP contribution in [0.4, 0.5) is 19.3 Å². The molecule has 2 aromatic rings. The first-order chi connectivity index (χ1) is 16.9. The van der Waals surface area contributed by atoms with Crippen LogP contribution < -0.4 is 20.1 Å². The highest BCUT2D eigenvalue weighted by atomic mass is 19.2. The molecule has 0 aromatic heterocycles. The van der Waals surface area contributed by atoms with E-state index in [0.717, 1.165) is 69.5 Å². The Morgan fingerprint density at radius 1 is 1.09 bits per heavy atom. The number of urea groups is 1. The van der Waals surface area contributed by atoms with E-state index in [2.05, 4.69) is 34.6 Å². The van der Waals surface area contributed by atoms with Crippen molar-refractivity contribution in [1.82, 2.24) is 10.2 Å². The number of unbranched alkanes of at least 4 members (excludes halogenated alkanes) is 1.